The monoisotopic (exact) mass is 316 g/mol. The Balaban J connectivity index is 1.81. The van der Waals surface area contributed by atoms with Gasteiger partial charge in [-0.25, -0.2) is 0 Å². The average Bonchev–Trinajstić information content (AvgIpc) is 3.09. The fourth-order valence-electron chi connectivity index (χ4n) is 3.31. The second kappa shape index (κ2) is 6.72. The quantitative estimate of drug-likeness (QED) is 0.889. The van der Waals surface area contributed by atoms with E-state index in [1.807, 2.05) is 43.3 Å². The molecule has 2 N–H and O–H groups in total. The molecule has 0 spiro atoms. The normalized spacial score (nSPS) is 21.2. The molecule has 124 valence electrons. The summed E-state index contributed by atoms with van der Waals surface area (Å²) in [6.45, 7) is 1.14. The number of nitrogens with zero attached hydrogens (tertiary/aromatic N) is 1. The lowest BCUT2D eigenvalue weighted by Gasteiger charge is -2.15. The molecule has 0 radical (unpaired) electrons. The minimum absolute atomic E-state index is 0.153. The molecule has 0 bridgehead atoms. The third-order valence-corrected chi connectivity index (χ3v) is 4.52. The standard InChI is InChI=1S/C18H24N2O3/c1-20(2)11-14-13-7-3-4-9-16(13)23-17(14)18(22)19-10-12-6-5-8-15(12)21/h3-4,7,9,12,15,21H,5-6,8,10-11H2,1-2H3,(H,19,22). The van der Waals surface area contributed by atoms with E-state index in [0.29, 0.717) is 18.8 Å². The van der Waals surface area contributed by atoms with Crippen LogP contribution in [-0.2, 0) is 6.54 Å². The van der Waals surface area contributed by atoms with Crippen LogP contribution in [0, 0.1) is 5.92 Å². The summed E-state index contributed by atoms with van der Waals surface area (Å²) in [6, 6.07) is 7.72. The van der Waals surface area contributed by atoms with Crippen LogP contribution >= 0.6 is 0 Å². The van der Waals surface area contributed by atoms with Gasteiger partial charge in [0.2, 0.25) is 0 Å². The number of aliphatic hydroxyl groups is 1. The number of hydrogen-bond acceptors (Lipinski definition) is 4. The molecule has 1 fully saturated rings. The molecule has 5 heteroatoms. The highest BCUT2D eigenvalue weighted by Gasteiger charge is 2.27. The highest BCUT2D eigenvalue weighted by Crippen LogP contribution is 2.28. The van der Waals surface area contributed by atoms with Gasteiger partial charge in [-0.15, -0.1) is 0 Å². The summed E-state index contributed by atoms with van der Waals surface area (Å²) in [4.78, 5) is 14.6. The molecule has 0 aliphatic heterocycles. The first-order valence-electron chi connectivity index (χ1n) is 8.17. The number of fused-ring (bicyclic) bond motifs is 1. The fraction of sp³-hybridized carbons (Fsp3) is 0.500. The first-order valence-corrected chi connectivity index (χ1v) is 8.17. The molecule has 2 atom stereocenters. The molecule has 1 amide bonds. The van der Waals surface area contributed by atoms with Gasteiger partial charge in [-0.05, 0) is 33.0 Å². The Morgan fingerprint density at radius 1 is 1.35 bits per heavy atom. The van der Waals surface area contributed by atoms with Crippen LogP contribution < -0.4 is 5.32 Å². The molecule has 1 saturated carbocycles. The molecular formula is C18H24N2O3. The Morgan fingerprint density at radius 2 is 2.13 bits per heavy atom. The third kappa shape index (κ3) is 3.41. The number of carbonyl (C=O) groups excluding carboxylic acids is 1. The van der Waals surface area contributed by atoms with Gasteiger partial charge < -0.3 is 19.7 Å². The van der Waals surface area contributed by atoms with Gasteiger partial charge in [0.15, 0.2) is 5.76 Å². The molecule has 5 nitrogen and oxygen atoms in total. The molecule has 1 aromatic heterocycles. The molecular weight excluding hydrogens is 292 g/mol. The molecule has 3 rings (SSSR count). The van der Waals surface area contributed by atoms with E-state index in [0.717, 1.165) is 35.8 Å². The zero-order valence-electron chi connectivity index (χ0n) is 13.7. The molecule has 1 aliphatic carbocycles. The van der Waals surface area contributed by atoms with Crippen LogP contribution in [0.3, 0.4) is 0 Å². The van der Waals surface area contributed by atoms with Crippen molar-refractivity contribution in [2.24, 2.45) is 5.92 Å². The van der Waals surface area contributed by atoms with Crippen molar-refractivity contribution in [2.75, 3.05) is 20.6 Å². The van der Waals surface area contributed by atoms with Gasteiger partial charge >= 0.3 is 0 Å². The molecule has 0 saturated heterocycles. The van der Waals surface area contributed by atoms with Crippen LogP contribution in [0.2, 0.25) is 0 Å². The van der Waals surface area contributed by atoms with Crippen LogP contribution in [0.15, 0.2) is 28.7 Å². The number of hydrogen-bond donors (Lipinski definition) is 2. The van der Waals surface area contributed by atoms with Crippen LogP contribution in [0.25, 0.3) is 11.0 Å². The molecule has 1 aliphatic rings. The van der Waals surface area contributed by atoms with E-state index < -0.39 is 0 Å². The van der Waals surface area contributed by atoms with Crippen molar-refractivity contribution in [3.63, 3.8) is 0 Å². The van der Waals surface area contributed by atoms with Gasteiger partial charge in [0.05, 0.1) is 6.10 Å². The van der Waals surface area contributed by atoms with E-state index in [2.05, 4.69) is 5.32 Å². The number of amides is 1. The second-order valence-corrected chi connectivity index (χ2v) is 6.61. The smallest absolute Gasteiger partial charge is 0.287 e. The zero-order valence-corrected chi connectivity index (χ0v) is 13.7. The molecule has 2 unspecified atom stereocenters. The molecule has 2 aromatic rings. The maximum absolute atomic E-state index is 12.6. The third-order valence-electron chi connectivity index (χ3n) is 4.52. The number of carbonyl (C=O) groups is 1. The van der Waals surface area contributed by atoms with E-state index in [4.69, 9.17) is 4.42 Å². The van der Waals surface area contributed by atoms with Crippen LogP contribution in [0.4, 0.5) is 0 Å². The fourth-order valence-corrected chi connectivity index (χ4v) is 3.31. The topological polar surface area (TPSA) is 65.7 Å². The van der Waals surface area contributed by atoms with Crippen LogP contribution in [-0.4, -0.2) is 42.7 Å². The van der Waals surface area contributed by atoms with Crippen LogP contribution in [0.1, 0.15) is 35.4 Å². The van der Waals surface area contributed by atoms with Crippen molar-refractivity contribution in [3.05, 3.63) is 35.6 Å². The summed E-state index contributed by atoms with van der Waals surface area (Å²) < 4.78 is 5.80. The number of para-hydroxylation sites is 1. The van der Waals surface area contributed by atoms with Gasteiger partial charge in [-0.3, -0.25) is 4.79 Å². The first kappa shape index (κ1) is 16.0. The van der Waals surface area contributed by atoms with Crippen molar-refractivity contribution in [3.8, 4) is 0 Å². The van der Waals surface area contributed by atoms with E-state index >= 15 is 0 Å². The van der Waals surface area contributed by atoms with E-state index in [-0.39, 0.29) is 17.9 Å². The molecule has 1 heterocycles. The molecule has 23 heavy (non-hydrogen) atoms. The summed E-state index contributed by atoms with van der Waals surface area (Å²) >= 11 is 0. The maximum atomic E-state index is 12.6. The largest absolute Gasteiger partial charge is 0.451 e. The predicted molar refractivity (Wildman–Crippen MR) is 89.3 cm³/mol. The van der Waals surface area contributed by atoms with Gasteiger partial charge in [0.1, 0.15) is 5.58 Å². The van der Waals surface area contributed by atoms with Crippen molar-refractivity contribution in [1.29, 1.82) is 0 Å². The predicted octanol–water partition coefficient (Wildman–Crippen LogP) is 2.39. The molecule has 1 aromatic carbocycles. The maximum Gasteiger partial charge on any atom is 0.287 e. The van der Waals surface area contributed by atoms with E-state index in [9.17, 15) is 9.90 Å². The lowest BCUT2D eigenvalue weighted by Crippen LogP contribution is -2.32. The number of aliphatic hydroxyl groups excluding tert-OH is 1. The number of furan rings is 1. The van der Waals surface area contributed by atoms with Crippen LogP contribution in [0.5, 0.6) is 0 Å². The van der Waals surface area contributed by atoms with Crippen molar-refractivity contribution < 1.29 is 14.3 Å². The van der Waals surface area contributed by atoms with E-state index in [1.165, 1.54) is 0 Å². The Labute approximate surface area is 136 Å². The number of rotatable bonds is 5. The van der Waals surface area contributed by atoms with Gasteiger partial charge in [-0.1, -0.05) is 24.6 Å². The Kier molecular flexibility index (Phi) is 4.68. The Hall–Kier alpha value is -1.85. The summed E-state index contributed by atoms with van der Waals surface area (Å²) in [5, 5.41) is 13.8. The highest BCUT2D eigenvalue weighted by molar-refractivity contribution is 5.99. The summed E-state index contributed by atoms with van der Waals surface area (Å²) in [5.74, 6) is 0.338. The van der Waals surface area contributed by atoms with Crippen molar-refractivity contribution in [1.82, 2.24) is 10.2 Å². The Morgan fingerprint density at radius 3 is 2.83 bits per heavy atom. The number of benzene rings is 1. The Bertz CT molecular complexity index is 693. The second-order valence-electron chi connectivity index (χ2n) is 6.61. The lowest BCUT2D eigenvalue weighted by atomic mass is 10.1. The minimum Gasteiger partial charge on any atom is -0.451 e. The summed E-state index contributed by atoms with van der Waals surface area (Å²) in [6.07, 6.45) is 2.52. The van der Waals surface area contributed by atoms with Crippen molar-refractivity contribution in [2.45, 2.75) is 31.9 Å². The highest BCUT2D eigenvalue weighted by atomic mass is 16.3. The number of nitrogens with one attached hydrogen (secondary N) is 1. The van der Waals surface area contributed by atoms with Gasteiger partial charge in [0, 0.05) is 30.0 Å². The first-order chi connectivity index (χ1) is 11.1. The lowest BCUT2D eigenvalue weighted by molar-refractivity contribution is 0.0890. The average molecular weight is 316 g/mol. The zero-order chi connectivity index (χ0) is 16.4. The van der Waals surface area contributed by atoms with E-state index in [1.54, 1.807) is 0 Å². The summed E-state index contributed by atoms with van der Waals surface area (Å²) in [5.41, 5.74) is 1.64. The SMILES string of the molecule is CN(C)Cc1c(C(=O)NCC2CCCC2O)oc2ccccc12. The van der Waals surface area contributed by atoms with Crippen molar-refractivity contribution >= 4 is 16.9 Å². The summed E-state index contributed by atoms with van der Waals surface area (Å²) in [7, 11) is 3.94. The van der Waals surface area contributed by atoms with Gasteiger partial charge in [0.25, 0.3) is 5.91 Å². The van der Waals surface area contributed by atoms with Gasteiger partial charge in [-0.2, -0.15) is 0 Å². The minimum atomic E-state index is -0.299.